The largest absolute Gasteiger partial charge is 0.334 e. The highest BCUT2D eigenvalue weighted by Crippen LogP contribution is 2.35. The van der Waals surface area contributed by atoms with Crippen molar-refractivity contribution in [1.82, 2.24) is 14.9 Å². The molecular formula is C18H18Cl2N4OS. The Hall–Kier alpha value is -1.60. The van der Waals surface area contributed by atoms with Crippen molar-refractivity contribution in [3.8, 4) is 0 Å². The molecule has 5 nitrogen and oxygen atoms in total. The standard InChI is InChI=1S/C18H18Cl2N4OS/c1-10-9-26-18(22-10)23-16(25)8-24-15-3-5-21-4-2-12(15)13-6-11(19)7-14(20)17(13)24/h6-7,9,21H,2-5,8H2,1H3,(H,22,23,25). The Morgan fingerprint density at radius 3 is 2.92 bits per heavy atom. The van der Waals surface area contributed by atoms with E-state index in [2.05, 4.69) is 15.6 Å². The van der Waals surface area contributed by atoms with Crippen LogP contribution in [0.2, 0.25) is 10.0 Å². The Morgan fingerprint density at radius 2 is 2.15 bits per heavy atom. The molecule has 0 unspecified atom stereocenters. The summed E-state index contributed by atoms with van der Waals surface area (Å²) in [5, 5.41) is 11.1. The lowest BCUT2D eigenvalue weighted by atomic mass is 10.1. The molecule has 2 aromatic heterocycles. The van der Waals surface area contributed by atoms with E-state index in [4.69, 9.17) is 23.2 Å². The summed E-state index contributed by atoms with van der Waals surface area (Å²) in [7, 11) is 0. The molecule has 1 aliphatic rings. The maximum absolute atomic E-state index is 12.6. The number of nitrogens with zero attached hydrogens (tertiary/aromatic N) is 2. The van der Waals surface area contributed by atoms with E-state index in [1.807, 2.05) is 22.9 Å². The first-order valence-corrected chi connectivity index (χ1v) is 10.1. The number of benzene rings is 1. The van der Waals surface area contributed by atoms with Crippen LogP contribution in [0.5, 0.6) is 0 Å². The van der Waals surface area contributed by atoms with E-state index >= 15 is 0 Å². The molecule has 2 N–H and O–H groups in total. The predicted molar refractivity (Wildman–Crippen MR) is 108 cm³/mol. The number of amides is 1. The van der Waals surface area contributed by atoms with E-state index in [9.17, 15) is 4.79 Å². The van der Waals surface area contributed by atoms with Gasteiger partial charge in [0.2, 0.25) is 5.91 Å². The van der Waals surface area contributed by atoms with Gasteiger partial charge in [0.25, 0.3) is 0 Å². The molecule has 4 rings (SSSR count). The molecular weight excluding hydrogens is 391 g/mol. The van der Waals surface area contributed by atoms with E-state index in [1.54, 1.807) is 6.07 Å². The van der Waals surface area contributed by atoms with Crippen molar-refractivity contribution in [1.29, 1.82) is 0 Å². The van der Waals surface area contributed by atoms with Gasteiger partial charge >= 0.3 is 0 Å². The van der Waals surface area contributed by atoms with Gasteiger partial charge in [-0.25, -0.2) is 4.98 Å². The van der Waals surface area contributed by atoms with Crippen LogP contribution in [0.15, 0.2) is 17.5 Å². The van der Waals surface area contributed by atoms with Crippen LogP contribution in [-0.2, 0) is 24.2 Å². The Labute approximate surface area is 165 Å². The number of hydrogen-bond donors (Lipinski definition) is 2. The Bertz CT molecular complexity index is 995. The molecule has 0 spiro atoms. The van der Waals surface area contributed by atoms with Crippen molar-refractivity contribution in [2.75, 3.05) is 18.4 Å². The van der Waals surface area contributed by atoms with Crippen LogP contribution < -0.4 is 10.6 Å². The maximum Gasteiger partial charge on any atom is 0.246 e. The molecule has 0 bridgehead atoms. The summed E-state index contributed by atoms with van der Waals surface area (Å²) in [6.45, 7) is 3.89. The first-order chi connectivity index (χ1) is 12.5. The summed E-state index contributed by atoms with van der Waals surface area (Å²) in [5.74, 6) is -0.109. The average Bonchev–Trinajstić information content (AvgIpc) is 2.99. The van der Waals surface area contributed by atoms with Crippen molar-refractivity contribution in [2.24, 2.45) is 0 Å². The molecule has 3 aromatic rings. The topological polar surface area (TPSA) is 59.0 Å². The quantitative estimate of drug-likeness (QED) is 0.687. The molecule has 1 aliphatic heterocycles. The van der Waals surface area contributed by atoms with Crippen LogP contribution in [0.25, 0.3) is 10.9 Å². The van der Waals surface area contributed by atoms with Crippen LogP contribution >= 0.6 is 34.5 Å². The molecule has 1 amide bonds. The van der Waals surface area contributed by atoms with Gasteiger partial charge in [-0.05, 0) is 37.6 Å². The van der Waals surface area contributed by atoms with Gasteiger partial charge in [-0.1, -0.05) is 23.2 Å². The normalized spacial score (nSPS) is 14.3. The average molecular weight is 409 g/mol. The third kappa shape index (κ3) is 3.34. The van der Waals surface area contributed by atoms with Crippen molar-refractivity contribution in [2.45, 2.75) is 26.3 Å². The number of halogens is 2. The number of carbonyl (C=O) groups is 1. The van der Waals surface area contributed by atoms with E-state index in [-0.39, 0.29) is 12.5 Å². The molecule has 0 atom stereocenters. The molecule has 0 fully saturated rings. The minimum absolute atomic E-state index is 0.109. The molecule has 3 heterocycles. The van der Waals surface area contributed by atoms with Gasteiger partial charge in [-0.3, -0.25) is 4.79 Å². The maximum atomic E-state index is 12.6. The van der Waals surface area contributed by atoms with E-state index in [0.717, 1.165) is 48.2 Å². The summed E-state index contributed by atoms with van der Waals surface area (Å²) in [6.07, 6.45) is 1.74. The monoisotopic (exact) mass is 408 g/mol. The fourth-order valence-corrected chi connectivity index (χ4v) is 4.82. The number of hydrogen-bond acceptors (Lipinski definition) is 4. The molecule has 8 heteroatoms. The number of fused-ring (bicyclic) bond motifs is 3. The zero-order valence-corrected chi connectivity index (χ0v) is 16.6. The summed E-state index contributed by atoms with van der Waals surface area (Å²) < 4.78 is 2.03. The van der Waals surface area contributed by atoms with E-state index < -0.39 is 0 Å². The molecule has 1 aromatic carbocycles. The number of nitrogens with one attached hydrogen (secondary N) is 2. The first-order valence-electron chi connectivity index (χ1n) is 8.44. The number of thiazole rings is 1. The summed E-state index contributed by atoms with van der Waals surface area (Å²) in [5.41, 5.74) is 4.16. The highest BCUT2D eigenvalue weighted by molar-refractivity contribution is 7.13. The number of anilines is 1. The molecule has 0 saturated carbocycles. The van der Waals surface area contributed by atoms with Crippen LogP contribution in [-0.4, -0.2) is 28.5 Å². The van der Waals surface area contributed by atoms with Crippen LogP contribution in [0.1, 0.15) is 17.0 Å². The molecule has 0 saturated heterocycles. The summed E-state index contributed by atoms with van der Waals surface area (Å²) >= 11 is 14.2. The highest BCUT2D eigenvalue weighted by Gasteiger charge is 2.22. The molecule has 136 valence electrons. The Kier molecular flexibility index (Phi) is 4.92. The number of rotatable bonds is 3. The van der Waals surface area contributed by atoms with Crippen molar-refractivity contribution in [3.63, 3.8) is 0 Å². The van der Waals surface area contributed by atoms with Crippen molar-refractivity contribution in [3.05, 3.63) is 44.5 Å². The van der Waals surface area contributed by atoms with Gasteiger partial charge in [0, 0.05) is 34.4 Å². The lowest BCUT2D eigenvalue weighted by Crippen LogP contribution is -2.21. The molecule has 26 heavy (non-hydrogen) atoms. The minimum Gasteiger partial charge on any atom is -0.334 e. The number of aryl methyl sites for hydroxylation is 1. The zero-order chi connectivity index (χ0) is 18.3. The van der Waals surface area contributed by atoms with E-state index in [0.29, 0.717) is 15.2 Å². The fourth-order valence-electron chi connectivity index (χ4n) is 3.52. The Morgan fingerprint density at radius 1 is 1.35 bits per heavy atom. The van der Waals surface area contributed by atoms with Gasteiger partial charge < -0.3 is 15.2 Å². The first kappa shape index (κ1) is 17.8. The number of aromatic nitrogens is 2. The second-order valence-corrected chi connectivity index (χ2v) is 8.09. The summed E-state index contributed by atoms with van der Waals surface area (Å²) in [4.78, 5) is 16.9. The third-order valence-corrected chi connectivity index (χ3v) is 5.94. The predicted octanol–water partition coefficient (Wildman–Crippen LogP) is 4.04. The zero-order valence-electron chi connectivity index (χ0n) is 14.2. The third-order valence-electron chi connectivity index (χ3n) is 4.55. The SMILES string of the molecule is Cc1csc(NC(=O)Cn2c3c(c4cc(Cl)cc(Cl)c42)CCNCC3)n1. The lowest BCUT2D eigenvalue weighted by molar-refractivity contribution is -0.116. The lowest BCUT2D eigenvalue weighted by Gasteiger charge is -2.11. The second-order valence-electron chi connectivity index (χ2n) is 6.39. The molecule has 0 radical (unpaired) electrons. The fraction of sp³-hybridized carbons (Fsp3) is 0.333. The van der Waals surface area contributed by atoms with Gasteiger partial charge in [-0.15, -0.1) is 11.3 Å². The van der Waals surface area contributed by atoms with Crippen LogP contribution in [0.4, 0.5) is 5.13 Å². The number of carbonyl (C=O) groups excluding carboxylic acids is 1. The van der Waals surface area contributed by atoms with Gasteiger partial charge in [0.1, 0.15) is 6.54 Å². The highest BCUT2D eigenvalue weighted by atomic mass is 35.5. The van der Waals surface area contributed by atoms with Crippen molar-refractivity contribution < 1.29 is 4.79 Å². The second kappa shape index (κ2) is 7.19. The van der Waals surface area contributed by atoms with Gasteiger partial charge in [0.15, 0.2) is 5.13 Å². The molecule has 0 aliphatic carbocycles. The van der Waals surface area contributed by atoms with Gasteiger partial charge in [0.05, 0.1) is 16.2 Å². The van der Waals surface area contributed by atoms with Crippen LogP contribution in [0.3, 0.4) is 0 Å². The van der Waals surface area contributed by atoms with Gasteiger partial charge in [-0.2, -0.15) is 0 Å². The van der Waals surface area contributed by atoms with Crippen molar-refractivity contribution >= 4 is 56.5 Å². The minimum atomic E-state index is -0.109. The Balaban J connectivity index is 1.75. The summed E-state index contributed by atoms with van der Waals surface area (Å²) in [6, 6.07) is 3.69. The van der Waals surface area contributed by atoms with Crippen LogP contribution in [0, 0.1) is 6.92 Å². The van der Waals surface area contributed by atoms with E-state index in [1.165, 1.54) is 16.9 Å². The smallest absolute Gasteiger partial charge is 0.246 e.